The molecule has 0 aliphatic heterocycles. The lowest BCUT2D eigenvalue weighted by Crippen LogP contribution is -2.11. The predicted octanol–water partition coefficient (Wildman–Crippen LogP) is 3.98. The average Bonchev–Trinajstić information content (AvgIpc) is 2.46. The van der Waals surface area contributed by atoms with Gasteiger partial charge < -0.3 is 9.94 Å². The maximum absolute atomic E-state index is 9.01. The normalized spacial score (nSPS) is 12.0. The maximum atomic E-state index is 9.01. The molecule has 0 amide bonds. The molecule has 0 aromatic heterocycles. The van der Waals surface area contributed by atoms with E-state index in [1.165, 1.54) is 0 Å². The highest BCUT2D eigenvalue weighted by atomic mass is 16.5. The lowest BCUT2D eigenvalue weighted by atomic mass is 9.90. The topological polar surface area (TPSA) is 65.6 Å². The van der Waals surface area contributed by atoms with Gasteiger partial charge in [-0.05, 0) is 45.2 Å². The van der Waals surface area contributed by atoms with E-state index in [2.05, 4.69) is 11.2 Å². The first-order valence-corrected chi connectivity index (χ1v) is 6.88. The van der Waals surface area contributed by atoms with Crippen molar-refractivity contribution in [1.29, 1.82) is 5.26 Å². The zero-order valence-electron chi connectivity index (χ0n) is 12.4. The summed E-state index contributed by atoms with van der Waals surface area (Å²) in [7, 11) is 0. The van der Waals surface area contributed by atoms with Crippen molar-refractivity contribution in [3.63, 3.8) is 0 Å². The Morgan fingerprint density at radius 3 is 2.70 bits per heavy atom. The third kappa shape index (κ3) is 4.58. The molecule has 4 heteroatoms. The van der Waals surface area contributed by atoms with Gasteiger partial charge in [-0.1, -0.05) is 24.2 Å². The van der Waals surface area contributed by atoms with Crippen LogP contribution in [0, 0.1) is 16.7 Å². The Kier molecular flexibility index (Phi) is 6.05. The second kappa shape index (κ2) is 7.54. The highest BCUT2D eigenvalue weighted by molar-refractivity contribution is 6.02. The second-order valence-corrected chi connectivity index (χ2v) is 5.34. The van der Waals surface area contributed by atoms with E-state index in [0.29, 0.717) is 18.7 Å². The average molecular weight is 274 g/mol. The van der Waals surface area contributed by atoms with Crippen molar-refractivity contribution in [3.05, 3.63) is 29.8 Å². The first kappa shape index (κ1) is 16.0. The number of hydrogen-bond acceptors (Lipinski definition) is 4. The number of oxime groups is 1. The Hall–Kier alpha value is -2.02. The molecule has 1 aromatic rings. The Morgan fingerprint density at radius 2 is 2.10 bits per heavy atom. The summed E-state index contributed by atoms with van der Waals surface area (Å²) < 4.78 is 5.76. The lowest BCUT2D eigenvalue weighted by Gasteiger charge is -2.16. The van der Waals surface area contributed by atoms with Gasteiger partial charge in [-0.2, -0.15) is 5.26 Å². The summed E-state index contributed by atoms with van der Waals surface area (Å²) in [5, 5.41) is 21.3. The molecule has 0 unspecified atom stereocenters. The van der Waals surface area contributed by atoms with Gasteiger partial charge in [-0.15, -0.1) is 0 Å². The van der Waals surface area contributed by atoms with Gasteiger partial charge >= 0.3 is 0 Å². The van der Waals surface area contributed by atoms with Crippen molar-refractivity contribution in [3.8, 4) is 11.8 Å². The largest absolute Gasteiger partial charge is 0.493 e. The number of nitrogens with zero attached hydrogens (tertiary/aromatic N) is 2. The second-order valence-electron chi connectivity index (χ2n) is 5.34. The van der Waals surface area contributed by atoms with Crippen LogP contribution < -0.4 is 4.74 Å². The van der Waals surface area contributed by atoms with Crippen molar-refractivity contribution in [2.24, 2.45) is 10.6 Å². The van der Waals surface area contributed by atoms with Gasteiger partial charge in [-0.25, -0.2) is 0 Å². The number of rotatable bonds is 7. The van der Waals surface area contributed by atoms with E-state index in [-0.39, 0.29) is 5.41 Å². The zero-order chi connectivity index (χ0) is 15.0. The Labute approximate surface area is 120 Å². The van der Waals surface area contributed by atoms with Crippen LogP contribution in [0.15, 0.2) is 29.4 Å². The van der Waals surface area contributed by atoms with E-state index < -0.39 is 0 Å². The molecule has 0 saturated carbocycles. The van der Waals surface area contributed by atoms with Crippen LogP contribution in [0.3, 0.4) is 0 Å². The van der Waals surface area contributed by atoms with E-state index in [4.69, 9.17) is 15.2 Å². The van der Waals surface area contributed by atoms with E-state index in [1.807, 2.05) is 45.0 Å². The smallest absolute Gasteiger partial charge is 0.128 e. The van der Waals surface area contributed by atoms with Gasteiger partial charge in [0, 0.05) is 5.56 Å². The van der Waals surface area contributed by atoms with Gasteiger partial charge in [0.25, 0.3) is 0 Å². The molecule has 20 heavy (non-hydrogen) atoms. The van der Waals surface area contributed by atoms with Crippen LogP contribution in [0.1, 0.15) is 45.6 Å². The summed E-state index contributed by atoms with van der Waals surface area (Å²) in [5.74, 6) is 0.719. The van der Waals surface area contributed by atoms with Gasteiger partial charge in [0.05, 0.1) is 23.8 Å². The number of benzene rings is 1. The van der Waals surface area contributed by atoms with Crippen LogP contribution in [-0.2, 0) is 0 Å². The number of para-hydroxylation sites is 1. The van der Waals surface area contributed by atoms with Crippen molar-refractivity contribution in [1.82, 2.24) is 0 Å². The molecule has 0 aliphatic carbocycles. The minimum absolute atomic E-state index is 0.315. The van der Waals surface area contributed by atoms with Crippen molar-refractivity contribution < 1.29 is 9.94 Å². The minimum atomic E-state index is -0.315. The highest BCUT2D eigenvalue weighted by Crippen LogP contribution is 2.23. The van der Waals surface area contributed by atoms with Crippen molar-refractivity contribution in [2.75, 3.05) is 6.61 Å². The first-order valence-electron chi connectivity index (χ1n) is 6.88. The summed E-state index contributed by atoms with van der Waals surface area (Å²) in [6.45, 7) is 6.33. The number of nitriles is 1. The third-order valence-electron chi connectivity index (χ3n) is 3.16. The number of hydrogen-bond donors (Lipinski definition) is 1. The van der Waals surface area contributed by atoms with Crippen LogP contribution in [0.4, 0.5) is 0 Å². The number of ether oxygens (including phenoxy) is 1. The lowest BCUT2D eigenvalue weighted by molar-refractivity contribution is 0.283. The summed E-state index contributed by atoms with van der Waals surface area (Å²) in [6.07, 6.45) is 2.24. The van der Waals surface area contributed by atoms with Gasteiger partial charge in [0.2, 0.25) is 0 Å². The summed E-state index contributed by atoms with van der Waals surface area (Å²) in [5.41, 5.74) is 1.11. The van der Waals surface area contributed by atoms with Crippen LogP contribution in [0.2, 0.25) is 0 Å². The summed E-state index contributed by atoms with van der Waals surface area (Å²) >= 11 is 0. The SMILES string of the molecule is CCC(=NO)c1ccccc1OCCCC(C)(C)C#N. The van der Waals surface area contributed by atoms with Crippen molar-refractivity contribution >= 4 is 5.71 Å². The van der Waals surface area contributed by atoms with E-state index >= 15 is 0 Å². The Balaban J connectivity index is 2.64. The fourth-order valence-electron chi connectivity index (χ4n) is 1.90. The van der Waals surface area contributed by atoms with Crippen molar-refractivity contribution in [2.45, 2.75) is 40.0 Å². The van der Waals surface area contributed by atoms with Gasteiger partial charge in [0.15, 0.2) is 0 Å². The Bertz CT molecular complexity index is 501. The molecule has 0 fully saturated rings. The molecule has 1 rings (SSSR count). The molecule has 0 spiro atoms. The molecule has 4 nitrogen and oxygen atoms in total. The molecule has 0 aliphatic rings. The standard InChI is InChI=1S/C16H22N2O2/c1-4-14(18-19)13-8-5-6-9-15(13)20-11-7-10-16(2,3)12-17/h5-6,8-9,19H,4,7,10-11H2,1-3H3. The summed E-state index contributed by atoms with van der Waals surface area (Å²) in [4.78, 5) is 0. The molecule has 108 valence electrons. The summed E-state index contributed by atoms with van der Waals surface area (Å²) in [6, 6.07) is 9.81. The fourth-order valence-corrected chi connectivity index (χ4v) is 1.90. The van der Waals surface area contributed by atoms with Crippen LogP contribution in [0.25, 0.3) is 0 Å². The minimum Gasteiger partial charge on any atom is -0.493 e. The monoisotopic (exact) mass is 274 g/mol. The van der Waals surface area contributed by atoms with Crippen LogP contribution in [0.5, 0.6) is 5.75 Å². The highest BCUT2D eigenvalue weighted by Gasteiger charge is 2.16. The zero-order valence-corrected chi connectivity index (χ0v) is 12.4. The molecule has 0 atom stereocenters. The molecular formula is C16H22N2O2. The van der Waals surface area contributed by atoms with Crippen LogP contribution >= 0.6 is 0 Å². The molecular weight excluding hydrogens is 252 g/mol. The van der Waals surface area contributed by atoms with E-state index in [1.54, 1.807) is 0 Å². The molecule has 0 radical (unpaired) electrons. The molecule has 1 N–H and O–H groups in total. The van der Waals surface area contributed by atoms with E-state index in [0.717, 1.165) is 24.2 Å². The quantitative estimate of drug-likeness (QED) is 0.354. The maximum Gasteiger partial charge on any atom is 0.128 e. The van der Waals surface area contributed by atoms with Gasteiger partial charge in [0.1, 0.15) is 5.75 Å². The molecule has 0 bridgehead atoms. The van der Waals surface area contributed by atoms with Crippen LogP contribution in [-0.4, -0.2) is 17.5 Å². The molecule has 0 saturated heterocycles. The fraction of sp³-hybridized carbons (Fsp3) is 0.500. The predicted molar refractivity (Wildman–Crippen MR) is 79.2 cm³/mol. The Morgan fingerprint density at radius 1 is 1.40 bits per heavy atom. The van der Waals surface area contributed by atoms with E-state index in [9.17, 15) is 0 Å². The molecule has 0 heterocycles. The first-order chi connectivity index (χ1) is 9.54. The third-order valence-corrected chi connectivity index (χ3v) is 3.16. The van der Waals surface area contributed by atoms with Gasteiger partial charge in [-0.3, -0.25) is 0 Å². The molecule has 1 aromatic carbocycles.